The summed E-state index contributed by atoms with van der Waals surface area (Å²) in [6.07, 6.45) is 7.70. The number of benzene rings is 6. The van der Waals surface area contributed by atoms with Gasteiger partial charge in [-0.1, -0.05) is 128 Å². The number of rotatable bonds is 4. The summed E-state index contributed by atoms with van der Waals surface area (Å²) in [6, 6.07) is 52.2. The van der Waals surface area contributed by atoms with E-state index in [1.54, 1.807) is 5.57 Å². The summed E-state index contributed by atoms with van der Waals surface area (Å²) < 4.78 is 2.66. The fourth-order valence-electron chi connectivity index (χ4n) is 9.47. The SMILES string of the molecule is CC1C=C2CC(CCC23c2ccccc2-c2c(N(c4ccc(-c5ccccc5)cc4)c4cccc5c4sc4ccccc45)cccc23)C1. The largest absolute Gasteiger partial charge is 0.308 e. The molecule has 3 atom stereocenters. The molecule has 6 aromatic carbocycles. The van der Waals surface area contributed by atoms with Gasteiger partial charge < -0.3 is 4.90 Å². The first-order valence-corrected chi connectivity index (χ1v) is 18.3. The molecule has 10 rings (SSSR count). The van der Waals surface area contributed by atoms with Gasteiger partial charge in [0.05, 0.1) is 16.1 Å². The van der Waals surface area contributed by atoms with Crippen molar-refractivity contribution < 1.29 is 0 Å². The van der Waals surface area contributed by atoms with Crippen LogP contribution in [0.3, 0.4) is 0 Å². The van der Waals surface area contributed by atoms with Gasteiger partial charge in [0.2, 0.25) is 0 Å². The number of thiophene rings is 1. The summed E-state index contributed by atoms with van der Waals surface area (Å²) in [7, 11) is 0. The summed E-state index contributed by atoms with van der Waals surface area (Å²) in [5, 5.41) is 2.65. The number of nitrogens with zero attached hydrogens (tertiary/aromatic N) is 1. The zero-order valence-electron chi connectivity index (χ0n) is 27.2. The van der Waals surface area contributed by atoms with Gasteiger partial charge in [0.1, 0.15) is 0 Å². The summed E-state index contributed by atoms with van der Waals surface area (Å²) in [5.74, 6) is 1.45. The summed E-state index contributed by atoms with van der Waals surface area (Å²) in [6.45, 7) is 2.43. The van der Waals surface area contributed by atoms with Crippen molar-refractivity contribution in [1.82, 2.24) is 0 Å². The van der Waals surface area contributed by atoms with Crippen LogP contribution in [0.4, 0.5) is 17.1 Å². The lowest BCUT2D eigenvalue weighted by molar-refractivity contribution is 0.284. The van der Waals surface area contributed by atoms with Crippen molar-refractivity contribution in [2.45, 2.75) is 38.0 Å². The molecule has 3 unspecified atom stereocenters. The van der Waals surface area contributed by atoms with Crippen molar-refractivity contribution >= 4 is 48.6 Å². The highest BCUT2D eigenvalue weighted by molar-refractivity contribution is 7.26. The normalized spacial score (nSPS) is 20.9. The van der Waals surface area contributed by atoms with Crippen LogP contribution >= 0.6 is 11.3 Å². The molecule has 1 aromatic heterocycles. The number of fused-ring (bicyclic) bond motifs is 11. The average Bonchev–Trinajstić information content (AvgIpc) is 3.66. The molecule has 1 saturated carbocycles. The minimum absolute atomic E-state index is 0.0421. The van der Waals surface area contributed by atoms with E-state index in [9.17, 15) is 0 Å². The van der Waals surface area contributed by atoms with Crippen molar-refractivity contribution in [3.8, 4) is 22.3 Å². The van der Waals surface area contributed by atoms with Crippen LogP contribution in [0.5, 0.6) is 0 Å². The van der Waals surface area contributed by atoms with Crippen LogP contribution in [-0.4, -0.2) is 0 Å². The van der Waals surface area contributed by atoms with Crippen molar-refractivity contribution in [3.63, 3.8) is 0 Å². The second-order valence-corrected chi connectivity index (χ2v) is 15.2. The molecule has 3 aliphatic rings. The van der Waals surface area contributed by atoms with Gasteiger partial charge in [-0.3, -0.25) is 0 Å². The Morgan fingerprint density at radius 2 is 1.35 bits per heavy atom. The number of anilines is 3. The van der Waals surface area contributed by atoms with E-state index in [0.717, 1.165) is 5.92 Å². The zero-order chi connectivity index (χ0) is 31.8. The van der Waals surface area contributed by atoms with E-state index in [4.69, 9.17) is 0 Å². The second-order valence-electron chi connectivity index (χ2n) is 14.2. The molecule has 1 fully saturated rings. The minimum atomic E-state index is -0.0421. The quantitative estimate of drug-likeness (QED) is 0.174. The van der Waals surface area contributed by atoms with E-state index in [1.807, 2.05) is 11.3 Å². The second kappa shape index (κ2) is 10.8. The average molecular weight is 636 g/mol. The Kier molecular flexibility index (Phi) is 6.33. The fourth-order valence-corrected chi connectivity index (χ4v) is 10.7. The van der Waals surface area contributed by atoms with Crippen LogP contribution in [0.15, 0.2) is 151 Å². The number of allylic oxidation sites excluding steroid dienone is 2. The van der Waals surface area contributed by atoms with E-state index in [0.29, 0.717) is 5.92 Å². The van der Waals surface area contributed by atoms with Crippen LogP contribution < -0.4 is 4.90 Å². The summed E-state index contributed by atoms with van der Waals surface area (Å²) in [4.78, 5) is 2.56. The molecule has 0 amide bonds. The van der Waals surface area contributed by atoms with Gasteiger partial charge in [-0.15, -0.1) is 11.3 Å². The fraction of sp³-hybridized carbons (Fsp3) is 0.174. The monoisotopic (exact) mass is 635 g/mol. The Morgan fingerprint density at radius 1 is 0.646 bits per heavy atom. The molecule has 0 saturated heterocycles. The Hall–Kier alpha value is -4.92. The van der Waals surface area contributed by atoms with E-state index < -0.39 is 0 Å². The van der Waals surface area contributed by atoms with E-state index >= 15 is 0 Å². The molecular formula is C46H37NS. The summed E-state index contributed by atoms with van der Waals surface area (Å²) >= 11 is 1.91. The molecule has 1 heterocycles. The van der Waals surface area contributed by atoms with Gasteiger partial charge in [-0.2, -0.15) is 0 Å². The van der Waals surface area contributed by atoms with Gasteiger partial charge >= 0.3 is 0 Å². The maximum atomic E-state index is 2.65. The standard InChI is InChI=1S/C46H37NS/c1-30-27-31-25-26-46(34(28-30)29-31)39-16-7-5-14-38(39)44-40(46)17-10-18-41(44)47(35-23-21-33(22-24-35)32-11-3-2-4-12-32)42-19-9-15-37-36-13-6-8-20-43(36)48-45(37)42/h2-24,28,30-31H,25-27,29H2,1H3. The topological polar surface area (TPSA) is 3.24 Å². The molecule has 48 heavy (non-hydrogen) atoms. The Balaban J connectivity index is 1.24. The highest BCUT2D eigenvalue weighted by atomic mass is 32.1. The van der Waals surface area contributed by atoms with Gasteiger partial charge in [0.15, 0.2) is 0 Å². The van der Waals surface area contributed by atoms with Gasteiger partial charge in [-0.25, -0.2) is 0 Å². The Labute approximate surface area is 286 Å². The van der Waals surface area contributed by atoms with E-state index in [-0.39, 0.29) is 5.41 Å². The maximum absolute atomic E-state index is 2.65. The number of hydrogen-bond acceptors (Lipinski definition) is 2. The highest BCUT2D eigenvalue weighted by Gasteiger charge is 2.50. The van der Waals surface area contributed by atoms with Gasteiger partial charge in [-0.05, 0) is 95.7 Å². The predicted molar refractivity (Wildman–Crippen MR) is 205 cm³/mol. The van der Waals surface area contributed by atoms with Crippen molar-refractivity contribution in [2.75, 3.05) is 4.90 Å². The molecule has 2 heteroatoms. The minimum Gasteiger partial charge on any atom is -0.308 e. The lowest BCUT2D eigenvalue weighted by Crippen LogP contribution is -2.36. The van der Waals surface area contributed by atoms with Crippen molar-refractivity contribution in [1.29, 1.82) is 0 Å². The molecule has 7 aromatic rings. The number of hydrogen-bond donors (Lipinski definition) is 0. The van der Waals surface area contributed by atoms with Crippen LogP contribution in [-0.2, 0) is 5.41 Å². The highest BCUT2D eigenvalue weighted by Crippen LogP contribution is 2.63. The third kappa shape index (κ3) is 4.09. The van der Waals surface area contributed by atoms with E-state index in [1.165, 1.54) is 96.3 Å². The van der Waals surface area contributed by atoms with Crippen LogP contribution in [0.25, 0.3) is 42.4 Å². The molecule has 2 bridgehead atoms. The molecule has 0 radical (unpaired) electrons. The van der Waals surface area contributed by atoms with Crippen LogP contribution in [0.1, 0.15) is 43.7 Å². The third-order valence-electron chi connectivity index (χ3n) is 11.4. The molecule has 232 valence electrons. The molecule has 3 aliphatic carbocycles. The van der Waals surface area contributed by atoms with Gasteiger partial charge in [0.25, 0.3) is 0 Å². The van der Waals surface area contributed by atoms with Gasteiger partial charge in [0, 0.05) is 32.1 Å². The van der Waals surface area contributed by atoms with Crippen molar-refractivity contribution in [2.24, 2.45) is 11.8 Å². The summed E-state index contributed by atoms with van der Waals surface area (Å²) in [5.41, 5.74) is 13.6. The molecule has 0 N–H and O–H groups in total. The first-order chi connectivity index (χ1) is 23.7. The lowest BCUT2D eigenvalue weighted by atomic mass is 9.58. The molecule has 1 nitrogen and oxygen atoms in total. The smallest absolute Gasteiger partial charge is 0.0640 e. The zero-order valence-corrected chi connectivity index (χ0v) is 28.0. The Bertz CT molecular complexity index is 2380. The maximum Gasteiger partial charge on any atom is 0.0640 e. The van der Waals surface area contributed by atoms with Crippen LogP contribution in [0.2, 0.25) is 0 Å². The van der Waals surface area contributed by atoms with Crippen molar-refractivity contribution in [3.05, 3.63) is 162 Å². The predicted octanol–water partition coefficient (Wildman–Crippen LogP) is 13.2. The van der Waals surface area contributed by atoms with E-state index in [2.05, 4.69) is 157 Å². The first-order valence-electron chi connectivity index (χ1n) is 17.5. The molecule has 1 spiro atoms. The molecule has 0 aliphatic heterocycles. The van der Waals surface area contributed by atoms with Crippen LogP contribution in [0, 0.1) is 11.8 Å². The third-order valence-corrected chi connectivity index (χ3v) is 12.6. The first kappa shape index (κ1) is 28.1. The molecular weight excluding hydrogens is 599 g/mol. The Morgan fingerprint density at radius 3 is 2.25 bits per heavy atom. The lowest BCUT2D eigenvalue weighted by Gasteiger charge is -2.45.